The summed E-state index contributed by atoms with van der Waals surface area (Å²) in [6.45, 7) is 4.42. The third-order valence-corrected chi connectivity index (χ3v) is 3.83. The first-order chi connectivity index (χ1) is 12.8. The van der Waals surface area contributed by atoms with Crippen LogP contribution < -0.4 is 26.8 Å². The van der Waals surface area contributed by atoms with E-state index in [4.69, 9.17) is 16.2 Å². The lowest BCUT2D eigenvalue weighted by molar-refractivity contribution is 0.100. The van der Waals surface area contributed by atoms with Crippen molar-refractivity contribution in [2.45, 2.75) is 26.3 Å². The number of nitrogens with two attached hydrogens (primary N) is 2. The Morgan fingerprint density at radius 1 is 1.33 bits per heavy atom. The fourth-order valence-electron chi connectivity index (χ4n) is 2.59. The molecule has 0 bridgehead atoms. The number of carbonyl (C=O) groups excluding carboxylic acids is 1. The van der Waals surface area contributed by atoms with Crippen LogP contribution in [0.3, 0.4) is 0 Å². The molecule has 0 aliphatic rings. The Morgan fingerprint density at radius 3 is 2.67 bits per heavy atom. The number of methoxy groups -OCH3 is 1. The van der Waals surface area contributed by atoms with Crippen molar-refractivity contribution >= 4 is 23.2 Å². The van der Waals surface area contributed by atoms with Crippen LogP contribution in [0.1, 0.15) is 30.6 Å². The number of aromatic nitrogens is 2. The Bertz CT molecular complexity index is 799. The van der Waals surface area contributed by atoms with Gasteiger partial charge in [0.25, 0.3) is 5.91 Å². The molecule has 1 unspecified atom stereocenters. The summed E-state index contributed by atoms with van der Waals surface area (Å²) in [5, 5.41) is 5.96. The third-order valence-electron chi connectivity index (χ3n) is 3.83. The molecule has 9 heteroatoms. The fourth-order valence-corrected chi connectivity index (χ4v) is 2.59. The molecule has 6 N–H and O–H groups in total. The molecule has 0 saturated carbocycles. The molecule has 27 heavy (non-hydrogen) atoms. The van der Waals surface area contributed by atoms with Gasteiger partial charge in [-0.25, -0.2) is 14.4 Å². The number of carbonyl (C=O) groups is 1. The number of amides is 1. The number of nitrogens with zero attached hydrogens (tertiary/aromatic N) is 2. The van der Waals surface area contributed by atoms with Crippen LogP contribution in [0.4, 0.5) is 21.7 Å². The summed E-state index contributed by atoms with van der Waals surface area (Å²) in [6, 6.07) is 4.18. The van der Waals surface area contributed by atoms with Gasteiger partial charge >= 0.3 is 0 Å². The molecule has 0 spiro atoms. The zero-order valence-electron chi connectivity index (χ0n) is 15.6. The van der Waals surface area contributed by atoms with Gasteiger partial charge in [0.05, 0.1) is 12.7 Å². The largest absolute Gasteiger partial charge is 0.481 e. The van der Waals surface area contributed by atoms with Gasteiger partial charge in [-0.1, -0.05) is 13.8 Å². The fraction of sp³-hybridized carbons (Fsp3) is 0.389. The van der Waals surface area contributed by atoms with E-state index in [0.717, 1.165) is 12.5 Å². The average Bonchev–Trinajstić information content (AvgIpc) is 2.63. The molecule has 0 fully saturated rings. The number of halogens is 1. The molecule has 1 atom stereocenters. The maximum absolute atomic E-state index is 14.5. The van der Waals surface area contributed by atoms with E-state index >= 15 is 0 Å². The molecule has 0 aliphatic heterocycles. The van der Waals surface area contributed by atoms with E-state index in [9.17, 15) is 9.18 Å². The monoisotopic (exact) mass is 376 g/mol. The second-order valence-electron chi connectivity index (χ2n) is 6.50. The SMILES string of the molecule is COc1cc(Nc2nc(NC(CN)CC(C)C)c(F)cc2C(N)=O)ccn1. The molecule has 2 heterocycles. The smallest absolute Gasteiger partial charge is 0.252 e. The van der Waals surface area contributed by atoms with Gasteiger partial charge in [-0.2, -0.15) is 0 Å². The quantitative estimate of drug-likeness (QED) is 0.528. The lowest BCUT2D eigenvalue weighted by Gasteiger charge is -2.21. The predicted octanol–water partition coefficient (Wildman–Crippen LogP) is 2.25. The van der Waals surface area contributed by atoms with Crippen LogP contribution in [0, 0.1) is 11.7 Å². The first-order valence-corrected chi connectivity index (χ1v) is 8.58. The van der Waals surface area contributed by atoms with Crippen molar-refractivity contribution in [3.05, 3.63) is 35.8 Å². The van der Waals surface area contributed by atoms with E-state index in [1.54, 1.807) is 12.1 Å². The summed E-state index contributed by atoms with van der Waals surface area (Å²) in [4.78, 5) is 20.0. The molecule has 146 valence electrons. The molecule has 2 rings (SSSR count). The van der Waals surface area contributed by atoms with E-state index in [1.807, 2.05) is 13.8 Å². The van der Waals surface area contributed by atoms with Crippen LogP contribution in [0.2, 0.25) is 0 Å². The minimum atomic E-state index is -0.797. The van der Waals surface area contributed by atoms with E-state index in [2.05, 4.69) is 20.6 Å². The van der Waals surface area contributed by atoms with Crippen molar-refractivity contribution < 1.29 is 13.9 Å². The van der Waals surface area contributed by atoms with Crippen LogP contribution in [0.15, 0.2) is 24.4 Å². The van der Waals surface area contributed by atoms with Crippen molar-refractivity contribution in [3.8, 4) is 5.88 Å². The molecule has 0 radical (unpaired) electrons. The third kappa shape index (κ3) is 5.52. The molecule has 8 nitrogen and oxygen atoms in total. The summed E-state index contributed by atoms with van der Waals surface area (Å²) in [7, 11) is 1.49. The molecular formula is C18H25FN6O2. The number of pyridine rings is 2. The van der Waals surface area contributed by atoms with Gasteiger partial charge in [-0.3, -0.25) is 4.79 Å². The number of hydrogen-bond donors (Lipinski definition) is 4. The van der Waals surface area contributed by atoms with Crippen molar-refractivity contribution in [3.63, 3.8) is 0 Å². The Hall–Kier alpha value is -2.94. The molecule has 1 amide bonds. The van der Waals surface area contributed by atoms with Crippen LogP contribution >= 0.6 is 0 Å². The van der Waals surface area contributed by atoms with Gasteiger partial charge < -0.3 is 26.8 Å². The maximum atomic E-state index is 14.5. The second kappa shape index (κ2) is 9.13. The number of ether oxygens (including phenoxy) is 1. The summed E-state index contributed by atoms with van der Waals surface area (Å²) in [6.07, 6.45) is 2.28. The number of rotatable bonds is 9. The molecule has 0 aliphatic carbocycles. The maximum Gasteiger partial charge on any atom is 0.252 e. The minimum absolute atomic E-state index is 0.000351. The van der Waals surface area contributed by atoms with Gasteiger partial charge in [0.2, 0.25) is 5.88 Å². The van der Waals surface area contributed by atoms with Crippen molar-refractivity contribution in [2.24, 2.45) is 17.4 Å². The first kappa shape index (κ1) is 20.4. The summed E-state index contributed by atoms with van der Waals surface area (Å²) in [5.41, 5.74) is 11.6. The van der Waals surface area contributed by atoms with Crippen molar-refractivity contribution in [2.75, 3.05) is 24.3 Å². The van der Waals surface area contributed by atoms with Crippen LogP contribution in [-0.2, 0) is 0 Å². The highest BCUT2D eigenvalue weighted by molar-refractivity contribution is 5.98. The van der Waals surface area contributed by atoms with Crippen LogP contribution in [-0.4, -0.2) is 35.6 Å². The number of hydrogen-bond acceptors (Lipinski definition) is 7. The molecule has 2 aromatic heterocycles. The van der Waals surface area contributed by atoms with Crippen LogP contribution in [0.25, 0.3) is 0 Å². The van der Waals surface area contributed by atoms with Gasteiger partial charge in [0, 0.05) is 30.5 Å². The summed E-state index contributed by atoms with van der Waals surface area (Å²) >= 11 is 0. The Labute approximate surface area is 157 Å². The normalized spacial score (nSPS) is 11.9. The second-order valence-corrected chi connectivity index (χ2v) is 6.50. The van der Waals surface area contributed by atoms with Gasteiger partial charge in [0.15, 0.2) is 11.6 Å². The molecule has 2 aromatic rings. The molecule has 0 aromatic carbocycles. The summed E-state index contributed by atoms with van der Waals surface area (Å²) < 4.78 is 19.5. The van der Waals surface area contributed by atoms with Crippen LogP contribution in [0.5, 0.6) is 5.88 Å². The highest BCUT2D eigenvalue weighted by Crippen LogP contribution is 2.25. The number of anilines is 3. The average molecular weight is 376 g/mol. The standard InChI is InChI=1S/C18H25FN6O2/c1-10(2)6-12(9-20)24-18-14(19)8-13(16(21)26)17(25-18)23-11-4-5-22-15(7-11)27-3/h4-5,7-8,10,12H,6,9,20H2,1-3H3,(H2,21,26)(H2,22,23,24,25). The van der Waals surface area contributed by atoms with E-state index < -0.39 is 11.7 Å². The molecule has 0 saturated heterocycles. The topological polar surface area (TPSA) is 128 Å². The predicted molar refractivity (Wildman–Crippen MR) is 103 cm³/mol. The Balaban J connectivity index is 2.37. The zero-order valence-corrected chi connectivity index (χ0v) is 15.6. The lowest BCUT2D eigenvalue weighted by Crippen LogP contribution is -2.31. The minimum Gasteiger partial charge on any atom is -0.481 e. The lowest BCUT2D eigenvalue weighted by atomic mass is 10.0. The van der Waals surface area contributed by atoms with E-state index in [-0.39, 0.29) is 23.2 Å². The number of nitrogens with one attached hydrogen (secondary N) is 2. The van der Waals surface area contributed by atoms with Crippen molar-refractivity contribution in [1.82, 2.24) is 9.97 Å². The van der Waals surface area contributed by atoms with Gasteiger partial charge in [-0.05, 0) is 24.5 Å². The highest BCUT2D eigenvalue weighted by Gasteiger charge is 2.19. The van der Waals surface area contributed by atoms with E-state index in [1.165, 1.54) is 13.3 Å². The Kier molecular flexibility index (Phi) is 6.89. The zero-order chi connectivity index (χ0) is 20.0. The summed E-state index contributed by atoms with van der Waals surface area (Å²) in [5.74, 6) is -0.598. The highest BCUT2D eigenvalue weighted by atomic mass is 19.1. The van der Waals surface area contributed by atoms with Gasteiger partial charge in [-0.15, -0.1) is 0 Å². The number of primary amides is 1. The molecular weight excluding hydrogens is 351 g/mol. The van der Waals surface area contributed by atoms with Crippen molar-refractivity contribution in [1.29, 1.82) is 0 Å². The van der Waals surface area contributed by atoms with Gasteiger partial charge in [0.1, 0.15) is 5.82 Å². The first-order valence-electron chi connectivity index (χ1n) is 8.58. The van der Waals surface area contributed by atoms with E-state index in [0.29, 0.717) is 24.0 Å². The Morgan fingerprint density at radius 2 is 2.07 bits per heavy atom.